The van der Waals surface area contributed by atoms with Crippen LogP contribution in [0.1, 0.15) is 42.4 Å². The zero-order valence-electron chi connectivity index (χ0n) is 19.2. The molecule has 0 saturated carbocycles. The number of anilines is 2. The van der Waals surface area contributed by atoms with Gasteiger partial charge in [-0.2, -0.15) is 0 Å². The number of H-pyrrole nitrogens is 1. The molecular formula is C26H27ClFN5O. The number of aryl methyl sites for hydroxylation is 1. The van der Waals surface area contributed by atoms with E-state index in [2.05, 4.69) is 32.4 Å². The summed E-state index contributed by atoms with van der Waals surface area (Å²) in [7, 11) is 0. The van der Waals surface area contributed by atoms with Crippen molar-refractivity contribution in [1.29, 1.82) is 0 Å². The second kappa shape index (κ2) is 9.24. The molecule has 8 heteroatoms. The Morgan fingerprint density at radius 3 is 2.71 bits per heavy atom. The largest absolute Gasteiger partial charge is 0.382 e. The predicted molar refractivity (Wildman–Crippen MR) is 134 cm³/mol. The maximum absolute atomic E-state index is 13.9. The summed E-state index contributed by atoms with van der Waals surface area (Å²) in [6, 6.07) is 10.8. The third kappa shape index (κ3) is 4.33. The van der Waals surface area contributed by atoms with E-state index in [9.17, 15) is 9.18 Å². The van der Waals surface area contributed by atoms with E-state index >= 15 is 0 Å². The number of amides is 1. The van der Waals surface area contributed by atoms with Gasteiger partial charge in [-0.3, -0.25) is 4.79 Å². The summed E-state index contributed by atoms with van der Waals surface area (Å²) < 4.78 is 13.9. The first-order valence-corrected chi connectivity index (χ1v) is 12.0. The summed E-state index contributed by atoms with van der Waals surface area (Å²) in [5.74, 6) is -0.210. The van der Waals surface area contributed by atoms with Crippen molar-refractivity contribution in [3.63, 3.8) is 0 Å². The molecule has 2 aliphatic heterocycles. The quantitative estimate of drug-likeness (QED) is 0.433. The molecule has 2 aromatic carbocycles. The Morgan fingerprint density at radius 2 is 2.03 bits per heavy atom. The molecule has 0 unspecified atom stereocenters. The number of aromatic amines is 1. The van der Waals surface area contributed by atoms with E-state index in [1.807, 2.05) is 25.1 Å². The normalized spacial score (nSPS) is 18.1. The van der Waals surface area contributed by atoms with Crippen molar-refractivity contribution in [3.05, 3.63) is 76.1 Å². The molecule has 1 fully saturated rings. The molecule has 1 aromatic heterocycles. The van der Waals surface area contributed by atoms with Gasteiger partial charge in [0.05, 0.1) is 10.6 Å². The number of fused-ring (bicyclic) bond motifs is 1. The number of hydrogen-bond acceptors (Lipinski definition) is 4. The van der Waals surface area contributed by atoms with Crippen molar-refractivity contribution < 1.29 is 9.18 Å². The molecular weight excluding hydrogens is 453 g/mol. The van der Waals surface area contributed by atoms with Crippen LogP contribution in [0.25, 0.3) is 11.1 Å². The van der Waals surface area contributed by atoms with Crippen molar-refractivity contribution in [1.82, 2.24) is 14.9 Å². The van der Waals surface area contributed by atoms with Crippen LogP contribution in [0.3, 0.4) is 0 Å². The van der Waals surface area contributed by atoms with Crippen LogP contribution in [0.5, 0.6) is 0 Å². The highest BCUT2D eigenvalue weighted by molar-refractivity contribution is 6.38. The second-order valence-corrected chi connectivity index (χ2v) is 9.27. The Morgan fingerprint density at radius 1 is 1.24 bits per heavy atom. The topological polar surface area (TPSA) is 73.0 Å². The smallest absolute Gasteiger partial charge is 0.257 e. The van der Waals surface area contributed by atoms with E-state index in [0.717, 1.165) is 55.1 Å². The van der Waals surface area contributed by atoms with Crippen LogP contribution in [-0.4, -0.2) is 46.5 Å². The number of piperidine rings is 1. The van der Waals surface area contributed by atoms with Crippen LogP contribution < -0.4 is 10.6 Å². The zero-order valence-corrected chi connectivity index (χ0v) is 20.0. The summed E-state index contributed by atoms with van der Waals surface area (Å²) >= 11 is 6.11. The highest BCUT2D eigenvalue weighted by Gasteiger charge is 2.31. The van der Waals surface area contributed by atoms with E-state index in [1.54, 1.807) is 12.3 Å². The number of aromatic nitrogens is 2. The molecule has 5 rings (SSSR count). The number of carbonyl (C=O) groups is 1. The lowest BCUT2D eigenvalue weighted by Crippen LogP contribution is -2.38. The molecule has 0 aliphatic carbocycles. The molecule has 0 radical (unpaired) electrons. The SMILES string of the molecule is CCN1CCC(Nc2ccc3c(c2)C(=C(c2ccc(F)c(Cl)c2)c2ncc(C)[nH]2)C(=O)N3)CC1. The minimum absolute atomic E-state index is 0.00801. The van der Waals surface area contributed by atoms with Gasteiger partial charge in [-0.25, -0.2) is 9.37 Å². The van der Waals surface area contributed by atoms with Crippen LogP contribution in [0, 0.1) is 12.7 Å². The van der Waals surface area contributed by atoms with Crippen LogP contribution >= 0.6 is 11.6 Å². The van der Waals surface area contributed by atoms with Gasteiger partial charge in [0.15, 0.2) is 0 Å². The second-order valence-electron chi connectivity index (χ2n) is 8.86. The lowest BCUT2D eigenvalue weighted by molar-refractivity contribution is -0.110. The van der Waals surface area contributed by atoms with Crippen molar-refractivity contribution in [2.24, 2.45) is 0 Å². The monoisotopic (exact) mass is 479 g/mol. The summed E-state index contributed by atoms with van der Waals surface area (Å²) in [5, 5.41) is 6.60. The zero-order chi connectivity index (χ0) is 23.8. The number of nitrogens with zero attached hydrogens (tertiary/aromatic N) is 2. The molecule has 1 amide bonds. The molecule has 2 aliphatic rings. The maximum atomic E-state index is 13.9. The fourth-order valence-electron chi connectivity index (χ4n) is 4.73. The first-order chi connectivity index (χ1) is 16.4. The molecule has 3 N–H and O–H groups in total. The van der Waals surface area contributed by atoms with Gasteiger partial charge in [0.1, 0.15) is 11.6 Å². The van der Waals surface area contributed by atoms with Crippen molar-refractivity contribution in [2.75, 3.05) is 30.3 Å². The third-order valence-electron chi connectivity index (χ3n) is 6.57. The van der Waals surface area contributed by atoms with Crippen LogP contribution in [-0.2, 0) is 4.79 Å². The number of hydrogen-bond donors (Lipinski definition) is 3. The highest BCUT2D eigenvalue weighted by atomic mass is 35.5. The Hall–Kier alpha value is -3.16. The molecule has 34 heavy (non-hydrogen) atoms. The fourth-order valence-corrected chi connectivity index (χ4v) is 4.91. The van der Waals surface area contributed by atoms with E-state index in [-0.39, 0.29) is 10.9 Å². The number of imidazole rings is 1. The number of halogens is 2. The summed E-state index contributed by atoms with van der Waals surface area (Å²) in [4.78, 5) is 23.4. The molecule has 0 bridgehead atoms. The first-order valence-electron chi connectivity index (χ1n) is 11.6. The van der Waals surface area contributed by atoms with Gasteiger partial charge < -0.3 is 20.5 Å². The summed E-state index contributed by atoms with van der Waals surface area (Å²) in [6.45, 7) is 7.33. The van der Waals surface area contributed by atoms with Gasteiger partial charge in [-0.05, 0) is 62.2 Å². The Labute approximate surface area is 203 Å². The van der Waals surface area contributed by atoms with Crippen molar-refractivity contribution in [2.45, 2.75) is 32.7 Å². The Kier molecular flexibility index (Phi) is 6.15. The molecule has 0 spiro atoms. The minimum Gasteiger partial charge on any atom is -0.382 e. The van der Waals surface area contributed by atoms with Crippen LogP contribution in [0.2, 0.25) is 5.02 Å². The van der Waals surface area contributed by atoms with Crippen LogP contribution in [0.15, 0.2) is 42.6 Å². The number of nitrogens with one attached hydrogen (secondary N) is 3. The lowest BCUT2D eigenvalue weighted by atomic mass is 9.94. The standard InChI is InChI=1S/C26H27ClFN5O/c1-3-33-10-8-17(9-11-33)31-18-5-7-22-19(13-18)24(26(34)32-22)23(25-29-14-15(2)30-25)16-4-6-21(28)20(27)12-16/h4-7,12-14,17,31H,3,8-11H2,1-2H3,(H,29,30)(H,32,34). The van der Waals surface area contributed by atoms with Gasteiger partial charge in [0.25, 0.3) is 5.91 Å². The van der Waals surface area contributed by atoms with E-state index in [0.29, 0.717) is 28.6 Å². The number of benzene rings is 2. The van der Waals surface area contributed by atoms with Gasteiger partial charge in [0.2, 0.25) is 0 Å². The molecule has 1 saturated heterocycles. The average molecular weight is 480 g/mol. The number of carbonyl (C=O) groups excluding carboxylic acids is 1. The average Bonchev–Trinajstić information content (AvgIpc) is 3.40. The molecule has 0 atom stereocenters. The van der Waals surface area contributed by atoms with E-state index < -0.39 is 5.82 Å². The summed E-state index contributed by atoms with van der Waals surface area (Å²) in [6.07, 6.45) is 3.86. The van der Waals surface area contributed by atoms with E-state index in [1.165, 1.54) is 12.1 Å². The van der Waals surface area contributed by atoms with Gasteiger partial charge in [0, 0.05) is 53.5 Å². The number of rotatable bonds is 5. The maximum Gasteiger partial charge on any atom is 0.257 e. The van der Waals surface area contributed by atoms with Crippen molar-refractivity contribution in [3.8, 4) is 0 Å². The third-order valence-corrected chi connectivity index (χ3v) is 6.86. The molecule has 3 heterocycles. The Balaban J connectivity index is 1.58. The minimum atomic E-state index is -0.512. The van der Waals surface area contributed by atoms with Gasteiger partial charge in [-0.15, -0.1) is 0 Å². The van der Waals surface area contributed by atoms with Crippen LogP contribution in [0.4, 0.5) is 15.8 Å². The lowest BCUT2D eigenvalue weighted by Gasteiger charge is -2.32. The van der Waals surface area contributed by atoms with Gasteiger partial charge >= 0.3 is 0 Å². The first kappa shape index (κ1) is 22.6. The van der Waals surface area contributed by atoms with Crippen molar-refractivity contribution >= 4 is 40.0 Å². The molecule has 176 valence electrons. The Bertz CT molecular complexity index is 1280. The highest BCUT2D eigenvalue weighted by Crippen LogP contribution is 2.41. The predicted octanol–water partition coefficient (Wildman–Crippen LogP) is 5.32. The number of likely N-dealkylation sites (tertiary alicyclic amines) is 1. The summed E-state index contributed by atoms with van der Waals surface area (Å²) in [5.41, 5.74) is 5.02. The van der Waals surface area contributed by atoms with E-state index in [4.69, 9.17) is 11.6 Å². The molecule has 6 nitrogen and oxygen atoms in total. The fraction of sp³-hybridized carbons (Fsp3) is 0.308. The molecule has 3 aromatic rings. The van der Waals surface area contributed by atoms with Gasteiger partial charge in [-0.1, -0.05) is 24.6 Å².